The molecule has 3 aliphatic carbocycles. The molecule has 0 unspecified atom stereocenters. The van der Waals surface area contributed by atoms with Crippen molar-refractivity contribution in [2.75, 3.05) is 0 Å². The number of aliphatic carboxylic acids is 2. The first kappa shape index (κ1) is 9.96. The van der Waals surface area contributed by atoms with Crippen molar-refractivity contribution in [2.24, 2.45) is 22.7 Å². The molecule has 0 saturated heterocycles. The number of carboxylic acid groups (broad SMARTS) is 2. The van der Waals surface area contributed by atoms with E-state index in [9.17, 15) is 9.59 Å². The van der Waals surface area contributed by atoms with Crippen molar-refractivity contribution in [3.05, 3.63) is 0 Å². The van der Waals surface area contributed by atoms with Gasteiger partial charge in [0.2, 0.25) is 0 Å². The standard InChI is InChI=1S/C9H11BrO4/c1-3-8(6(11)12)4(2)9(3,5(8)10)7(13)14/h3-5H,1-2H3,(H,11,12)(H,13,14). The lowest BCUT2D eigenvalue weighted by Gasteiger charge is -2.79. The van der Waals surface area contributed by atoms with Gasteiger partial charge in [-0.25, -0.2) is 0 Å². The first-order chi connectivity index (χ1) is 6.35. The SMILES string of the molecule is CC1C2(C(=O)O)C(C)C1(C(=O)O)C2Br. The molecule has 4 nitrogen and oxygen atoms in total. The first-order valence-corrected chi connectivity index (χ1v) is 5.38. The second kappa shape index (κ2) is 2.32. The van der Waals surface area contributed by atoms with Crippen LogP contribution in [0.15, 0.2) is 0 Å². The summed E-state index contributed by atoms with van der Waals surface area (Å²) in [5.74, 6) is -2.35. The van der Waals surface area contributed by atoms with Gasteiger partial charge in [-0.15, -0.1) is 0 Å². The molecular weight excluding hydrogens is 252 g/mol. The molecule has 78 valence electrons. The average molecular weight is 263 g/mol. The highest BCUT2D eigenvalue weighted by molar-refractivity contribution is 9.09. The van der Waals surface area contributed by atoms with Gasteiger partial charge in [-0.2, -0.15) is 0 Å². The van der Waals surface area contributed by atoms with Crippen LogP contribution in [0.5, 0.6) is 0 Å². The van der Waals surface area contributed by atoms with Crippen LogP contribution in [0.1, 0.15) is 13.8 Å². The highest BCUT2D eigenvalue weighted by Crippen LogP contribution is 2.82. The molecule has 3 saturated carbocycles. The molecule has 14 heavy (non-hydrogen) atoms. The van der Waals surface area contributed by atoms with Crippen molar-refractivity contribution < 1.29 is 19.8 Å². The monoisotopic (exact) mass is 262 g/mol. The molecule has 5 heteroatoms. The minimum absolute atomic E-state index is 0.288. The van der Waals surface area contributed by atoms with Crippen molar-refractivity contribution in [1.29, 1.82) is 0 Å². The third kappa shape index (κ3) is 0.551. The molecular formula is C9H11BrO4. The summed E-state index contributed by atoms with van der Waals surface area (Å²) in [7, 11) is 0. The van der Waals surface area contributed by atoms with E-state index in [1.807, 2.05) is 0 Å². The summed E-state index contributed by atoms with van der Waals surface area (Å²) in [4.78, 5) is 21.8. The minimum atomic E-state index is -0.887. The molecule has 2 bridgehead atoms. The predicted molar refractivity (Wildman–Crippen MR) is 51.2 cm³/mol. The summed E-state index contributed by atoms with van der Waals surface area (Å²) in [5.41, 5.74) is -1.73. The maximum atomic E-state index is 11.1. The van der Waals surface area contributed by atoms with E-state index >= 15 is 0 Å². The molecule has 0 amide bonds. The molecule has 0 radical (unpaired) electrons. The van der Waals surface area contributed by atoms with Crippen molar-refractivity contribution in [3.63, 3.8) is 0 Å². The number of hydrogen-bond acceptors (Lipinski definition) is 2. The van der Waals surface area contributed by atoms with Gasteiger partial charge < -0.3 is 10.2 Å². The number of carboxylic acids is 2. The Bertz CT molecular complexity index is 278. The van der Waals surface area contributed by atoms with E-state index in [0.717, 1.165) is 0 Å². The molecule has 3 fully saturated rings. The maximum Gasteiger partial charge on any atom is 0.311 e. The zero-order valence-electron chi connectivity index (χ0n) is 7.82. The first-order valence-electron chi connectivity index (χ1n) is 4.46. The fraction of sp³-hybridized carbons (Fsp3) is 0.778. The molecule has 0 aromatic rings. The van der Waals surface area contributed by atoms with Crippen LogP contribution in [-0.2, 0) is 9.59 Å². The molecule has 3 aliphatic rings. The fourth-order valence-electron chi connectivity index (χ4n) is 3.48. The van der Waals surface area contributed by atoms with Gasteiger partial charge in [0.25, 0.3) is 0 Å². The molecule has 0 atom stereocenters. The van der Waals surface area contributed by atoms with Crippen molar-refractivity contribution >= 4 is 27.9 Å². The zero-order chi connectivity index (χ0) is 10.9. The lowest BCUT2D eigenvalue weighted by molar-refractivity contribution is -0.297. The Morgan fingerprint density at radius 3 is 1.50 bits per heavy atom. The van der Waals surface area contributed by atoms with Crippen LogP contribution in [0, 0.1) is 22.7 Å². The summed E-state index contributed by atoms with van der Waals surface area (Å²) >= 11 is 3.21. The summed E-state index contributed by atoms with van der Waals surface area (Å²) in [6.45, 7) is 3.42. The van der Waals surface area contributed by atoms with Crippen LogP contribution >= 0.6 is 15.9 Å². The number of rotatable bonds is 2. The molecule has 2 N–H and O–H groups in total. The Balaban J connectivity index is 2.42. The average Bonchev–Trinajstić information content (AvgIpc) is 2.04. The summed E-state index contributed by atoms with van der Waals surface area (Å²) in [5, 5.41) is 18.2. The summed E-state index contributed by atoms with van der Waals surface area (Å²) in [6, 6.07) is 0. The molecule has 3 rings (SSSR count). The smallest absolute Gasteiger partial charge is 0.311 e. The predicted octanol–water partition coefficient (Wildman–Crippen LogP) is 1.19. The van der Waals surface area contributed by atoms with Crippen LogP contribution < -0.4 is 0 Å². The minimum Gasteiger partial charge on any atom is -0.481 e. The van der Waals surface area contributed by atoms with E-state index in [4.69, 9.17) is 10.2 Å². The number of carbonyl (C=O) groups is 2. The Morgan fingerprint density at radius 2 is 1.36 bits per heavy atom. The fourth-order valence-corrected chi connectivity index (χ4v) is 5.46. The van der Waals surface area contributed by atoms with Crippen LogP contribution in [0.3, 0.4) is 0 Å². The number of hydrogen-bond donors (Lipinski definition) is 2. The molecule has 0 aromatic heterocycles. The molecule has 0 spiro atoms. The van der Waals surface area contributed by atoms with E-state index in [-0.39, 0.29) is 11.8 Å². The van der Waals surface area contributed by atoms with Gasteiger partial charge in [0, 0.05) is 4.83 Å². The van der Waals surface area contributed by atoms with Crippen LogP contribution in [0.25, 0.3) is 0 Å². The topological polar surface area (TPSA) is 74.6 Å². The van der Waals surface area contributed by atoms with Gasteiger partial charge in [0.15, 0.2) is 0 Å². The third-order valence-corrected chi connectivity index (χ3v) is 5.96. The molecule has 0 aliphatic heterocycles. The second-order valence-corrected chi connectivity index (χ2v) is 5.20. The molecule has 0 aromatic carbocycles. The quantitative estimate of drug-likeness (QED) is 0.734. The van der Waals surface area contributed by atoms with E-state index in [2.05, 4.69) is 15.9 Å². The molecule has 0 heterocycles. The Labute approximate surface area is 89.4 Å². The van der Waals surface area contributed by atoms with Gasteiger partial charge in [-0.3, -0.25) is 9.59 Å². The highest BCUT2D eigenvalue weighted by atomic mass is 79.9. The highest BCUT2D eigenvalue weighted by Gasteiger charge is 2.91. The number of alkyl halides is 1. The summed E-state index contributed by atoms with van der Waals surface area (Å²) in [6.07, 6.45) is 0. The zero-order valence-corrected chi connectivity index (χ0v) is 9.41. The van der Waals surface area contributed by atoms with Crippen molar-refractivity contribution in [3.8, 4) is 0 Å². The lowest BCUT2D eigenvalue weighted by Crippen LogP contribution is -2.88. The summed E-state index contributed by atoms with van der Waals surface area (Å²) < 4.78 is 0. The normalized spacial score (nSPS) is 54.4. The third-order valence-electron chi connectivity index (χ3n) is 4.45. The van der Waals surface area contributed by atoms with Gasteiger partial charge in [-0.05, 0) is 11.8 Å². The lowest BCUT2D eigenvalue weighted by atomic mass is 9.24. The van der Waals surface area contributed by atoms with Crippen LogP contribution in [0.2, 0.25) is 0 Å². The van der Waals surface area contributed by atoms with Gasteiger partial charge in [0.1, 0.15) is 0 Å². The van der Waals surface area contributed by atoms with Gasteiger partial charge in [0.05, 0.1) is 10.8 Å². The van der Waals surface area contributed by atoms with E-state index in [0.29, 0.717) is 0 Å². The van der Waals surface area contributed by atoms with Crippen LogP contribution in [0.4, 0.5) is 0 Å². The van der Waals surface area contributed by atoms with Crippen molar-refractivity contribution in [1.82, 2.24) is 0 Å². The van der Waals surface area contributed by atoms with Gasteiger partial charge in [-0.1, -0.05) is 29.8 Å². The van der Waals surface area contributed by atoms with E-state index in [1.54, 1.807) is 13.8 Å². The second-order valence-electron chi connectivity index (χ2n) is 4.28. The largest absolute Gasteiger partial charge is 0.481 e. The number of halogens is 1. The Hall–Kier alpha value is -0.580. The maximum absolute atomic E-state index is 11.1. The van der Waals surface area contributed by atoms with Crippen LogP contribution in [-0.4, -0.2) is 27.0 Å². The van der Waals surface area contributed by atoms with E-state index < -0.39 is 27.6 Å². The van der Waals surface area contributed by atoms with E-state index in [1.165, 1.54) is 0 Å². The van der Waals surface area contributed by atoms with Crippen molar-refractivity contribution in [2.45, 2.75) is 18.7 Å². The Kier molecular flexibility index (Phi) is 1.65. The Morgan fingerprint density at radius 1 is 1.07 bits per heavy atom. The van der Waals surface area contributed by atoms with Gasteiger partial charge >= 0.3 is 11.9 Å².